The molecule has 0 aliphatic rings. The Morgan fingerprint density at radius 3 is 2.47 bits per heavy atom. The molecule has 5 aromatic rings. The van der Waals surface area contributed by atoms with Gasteiger partial charge < -0.3 is 15.8 Å². The van der Waals surface area contributed by atoms with Crippen LogP contribution in [0.25, 0.3) is 22.2 Å². The third kappa shape index (κ3) is 4.61. The van der Waals surface area contributed by atoms with Crippen molar-refractivity contribution in [3.8, 4) is 5.75 Å². The number of ether oxygens (including phenoxy) is 1. The second-order valence-electron chi connectivity index (χ2n) is 8.29. The fraction of sp³-hybridized carbons (Fsp3) is 0.143. The Bertz CT molecular complexity index is 1560. The van der Waals surface area contributed by atoms with Crippen LogP contribution in [0.4, 0.5) is 5.82 Å². The molecule has 0 saturated carbocycles. The highest BCUT2D eigenvalue weighted by Gasteiger charge is 2.24. The van der Waals surface area contributed by atoms with Crippen molar-refractivity contribution >= 4 is 40.1 Å². The lowest BCUT2D eigenvalue weighted by molar-refractivity contribution is 0.0955. The van der Waals surface area contributed by atoms with Crippen LogP contribution in [-0.4, -0.2) is 40.4 Å². The highest BCUT2D eigenvalue weighted by molar-refractivity contribution is 6.10. The predicted octanol–water partition coefficient (Wildman–Crippen LogP) is 4.42. The number of aryl methyl sites for hydroxylation is 1. The lowest BCUT2D eigenvalue weighted by atomic mass is 10.1. The maximum Gasteiger partial charge on any atom is 0.257 e. The summed E-state index contributed by atoms with van der Waals surface area (Å²) in [7, 11) is 1.60. The van der Waals surface area contributed by atoms with Gasteiger partial charge in [-0.25, -0.2) is 9.97 Å². The van der Waals surface area contributed by atoms with E-state index in [-0.39, 0.29) is 17.3 Å². The van der Waals surface area contributed by atoms with E-state index in [2.05, 4.69) is 22.6 Å². The van der Waals surface area contributed by atoms with Gasteiger partial charge in [-0.15, -0.1) is 0 Å². The molecule has 3 aromatic carbocycles. The molecule has 36 heavy (non-hydrogen) atoms. The average molecular weight is 479 g/mol. The quantitative estimate of drug-likeness (QED) is 0.254. The molecule has 8 heteroatoms. The van der Waals surface area contributed by atoms with Gasteiger partial charge in [0.1, 0.15) is 22.6 Å². The van der Waals surface area contributed by atoms with Crippen LogP contribution in [0.15, 0.2) is 84.0 Å². The monoisotopic (exact) mass is 478 g/mol. The van der Waals surface area contributed by atoms with Crippen molar-refractivity contribution in [3.63, 3.8) is 0 Å². The summed E-state index contributed by atoms with van der Waals surface area (Å²) in [5.41, 5.74) is 10.9. The Morgan fingerprint density at radius 2 is 1.69 bits per heavy atom. The van der Waals surface area contributed by atoms with Crippen molar-refractivity contribution in [2.75, 3.05) is 19.4 Å². The number of methoxy groups -OCH3 is 1. The first-order valence-electron chi connectivity index (χ1n) is 11.7. The van der Waals surface area contributed by atoms with Crippen molar-refractivity contribution < 1.29 is 9.53 Å². The molecule has 5 rings (SSSR count). The Labute approximate surface area is 208 Å². The van der Waals surface area contributed by atoms with Gasteiger partial charge in [-0.05, 0) is 42.7 Å². The highest BCUT2D eigenvalue weighted by Crippen LogP contribution is 2.28. The molecular weight excluding hydrogens is 452 g/mol. The normalized spacial score (nSPS) is 11.4. The van der Waals surface area contributed by atoms with E-state index < -0.39 is 0 Å². The summed E-state index contributed by atoms with van der Waals surface area (Å²) in [4.78, 5) is 22.7. The number of hydrogen-bond acceptors (Lipinski definition) is 6. The molecule has 0 fully saturated rings. The van der Waals surface area contributed by atoms with Gasteiger partial charge in [-0.3, -0.25) is 4.79 Å². The highest BCUT2D eigenvalue weighted by atomic mass is 16.5. The molecule has 2 aromatic heterocycles. The number of rotatable bonds is 8. The Kier molecular flexibility index (Phi) is 6.57. The van der Waals surface area contributed by atoms with E-state index in [1.165, 1.54) is 10.2 Å². The van der Waals surface area contributed by atoms with Crippen LogP contribution in [0.2, 0.25) is 0 Å². The zero-order valence-corrected chi connectivity index (χ0v) is 19.9. The molecular formula is C28H26N6O2. The minimum atomic E-state index is -0.304. The SMILES string of the molecule is COc1ccccc1/C=N/n1c(N)c(C(=O)NCCCc2ccccc2)c2nc3ccccc3nc21. The van der Waals surface area contributed by atoms with Crippen LogP contribution in [0, 0.1) is 0 Å². The van der Waals surface area contributed by atoms with Crippen molar-refractivity contribution in [1.29, 1.82) is 0 Å². The van der Waals surface area contributed by atoms with Gasteiger partial charge >= 0.3 is 0 Å². The second kappa shape index (κ2) is 10.3. The molecule has 0 aliphatic carbocycles. The number of para-hydroxylation sites is 3. The van der Waals surface area contributed by atoms with E-state index in [0.29, 0.717) is 34.5 Å². The number of nitrogen functional groups attached to an aromatic ring is 1. The first kappa shape index (κ1) is 23.0. The number of nitrogens with two attached hydrogens (primary N) is 1. The number of nitrogens with one attached hydrogen (secondary N) is 1. The maximum atomic E-state index is 13.3. The Morgan fingerprint density at radius 1 is 1.00 bits per heavy atom. The first-order chi connectivity index (χ1) is 17.7. The van der Waals surface area contributed by atoms with E-state index in [9.17, 15) is 4.79 Å². The van der Waals surface area contributed by atoms with Gasteiger partial charge in [0.2, 0.25) is 0 Å². The number of carbonyl (C=O) groups is 1. The minimum absolute atomic E-state index is 0.173. The number of amides is 1. The van der Waals surface area contributed by atoms with Crippen LogP contribution < -0.4 is 15.8 Å². The smallest absolute Gasteiger partial charge is 0.257 e. The van der Waals surface area contributed by atoms with Gasteiger partial charge in [0.05, 0.1) is 24.4 Å². The summed E-state index contributed by atoms with van der Waals surface area (Å²) in [5.74, 6) is 0.539. The van der Waals surface area contributed by atoms with Gasteiger partial charge in [0.25, 0.3) is 5.91 Å². The molecule has 1 amide bonds. The number of nitrogens with zero attached hydrogens (tertiary/aromatic N) is 4. The van der Waals surface area contributed by atoms with Crippen LogP contribution in [0.5, 0.6) is 5.75 Å². The molecule has 0 aliphatic heterocycles. The summed E-state index contributed by atoms with van der Waals surface area (Å²) in [6.45, 7) is 0.505. The molecule has 0 saturated heterocycles. The molecule has 0 spiro atoms. The van der Waals surface area contributed by atoms with Crippen molar-refractivity contribution in [2.24, 2.45) is 5.10 Å². The number of benzene rings is 3. The third-order valence-corrected chi connectivity index (χ3v) is 5.92. The van der Waals surface area contributed by atoms with Crippen LogP contribution in [0.3, 0.4) is 0 Å². The molecule has 0 radical (unpaired) electrons. The van der Waals surface area contributed by atoms with E-state index in [1.807, 2.05) is 66.7 Å². The standard InChI is InChI=1S/C28H26N6O2/c1-36-23-16-8-5-13-20(23)18-31-34-26(29)24(25-27(34)33-22-15-7-6-14-21(22)32-25)28(35)30-17-9-12-19-10-3-2-4-11-19/h2-8,10-11,13-16,18H,9,12,17,29H2,1H3,(H,30,35)/b31-18+. The lowest BCUT2D eigenvalue weighted by Gasteiger charge is -2.06. The zero-order valence-electron chi connectivity index (χ0n) is 19.9. The topological polar surface area (TPSA) is 107 Å². The predicted molar refractivity (Wildman–Crippen MR) is 143 cm³/mol. The molecule has 3 N–H and O–H groups in total. The van der Waals surface area contributed by atoms with Crippen LogP contribution in [-0.2, 0) is 6.42 Å². The number of anilines is 1. The Hall–Kier alpha value is -4.72. The van der Waals surface area contributed by atoms with E-state index in [1.54, 1.807) is 13.3 Å². The van der Waals surface area contributed by atoms with Crippen molar-refractivity contribution in [1.82, 2.24) is 20.0 Å². The molecule has 8 nitrogen and oxygen atoms in total. The van der Waals surface area contributed by atoms with E-state index in [4.69, 9.17) is 20.4 Å². The molecule has 180 valence electrons. The lowest BCUT2D eigenvalue weighted by Crippen LogP contribution is -2.25. The second-order valence-corrected chi connectivity index (χ2v) is 8.29. The van der Waals surface area contributed by atoms with Crippen LogP contribution >= 0.6 is 0 Å². The van der Waals surface area contributed by atoms with E-state index in [0.717, 1.165) is 18.4 Å². The maximum absolute atomic E-state index is 13.3. The fourth-order valence-corrected chi connectivity index (χ4v) is 4.11. The number of hydrogen-bond donors (Lipinski definition) is 2. The number of fused-ring (bicyclic) bond motifs is 2. The van der Waals surface area contributed by atoms with Crippen molar-refractivity contribution in [3.05, 3.63) is 95.6 Å². The van der Waals surface area contributed by atoms with Gasteiger partial charge in [0, 0.05) is 12.1 Å². The molecule has 0 unspecified atom stereocenters. The minimum Gasteiger partial charge on any atom is -0.496 e. The first-order valence-corrected chi connectivity index (χ1v) is 11.7. The largest absolute Gasteiger partial charge is 0.496 e. The van der Waals surface area contributed by atoms with E-state index >= 15 is 0 Å². The van der Waals surface area contributed by atoms with Crippen LogP contribution in [0.1, 0.15) is 27.9 Å². The summed E-state index contributed by atoms with van der Waals surface area (Å²) in [6.07, 6.45) is 3.30. The average Bonchev–Trinajstić information content (AvgIpc) is 3.19. The Balaban J connectivity index is 1.49. The summed E-state index contributed by atoms with van der Waals surface area (Å²) in [6, 6.07) is 25.2. The van der Waals surface area contributed by atoms with Gasteiger partial charge in [-0.1, -0.05) is 54.6 Å². The third-order valence-electron chi connectivity index (χ3n) is 5.92. The van der Waals surface area contributed by atoms with Crippen molar-refractivity contribution in [2.45, 2.75) is 12.8 Å². The number of aromatic nitrogens is 3. The molecule has 0 bridgehead atoms. The van der Waals surface area contributed by atoms with Gasteiger partial charge in [-0.2, -0.15) is 9.78 Å². The molecule has 0 atom stereocenters. The number of carbonyl (C=O) groups excluding carboxylic acids is 1. The summed E-state index contributed by atoms with van der Waals surface area (Å²) in [5, 5.41) is 7.55. The zero-order chi connectivity index (χ0) is 24.9. The summed E-state index contributed by atoms with van der Waals surface area (Å²) < 4.78 is 6.87. The van der Waals surface area contributed by atoms with Gasteiger partial charge in [0.15, 0.2) is 5.65 Å². The molecule has 2 heterocycles. The fourth-order valence-electron chi connectivity index (χ4n) is 4.11. The summed E-state index contributed by atoms with van der Waals surface area (Å²) >= 11 is 0.